The Balaban J connectivity index is 1.77. The lowest BCUT2D eigenvalue weighted by Gasteiger charge is -2.47. The van der Waals surface area contributed by atoms with Crippen LogP contribution in [0.1, 0.15) is 29.2 Å². The van der Waals surface area contributed by atoms with Gasteiger partial charge in [0.05, 0.1) is 23.2 Å². The molecule has 0 saturated heterocycles. The number of aliphatic hydroxyl groups is 1. The van der Waals surface area contributed by atoms with Gasteiger partial charge in [-0.3, -0.25) is 0 Å². The van der Waals surface area contributed by atoms with Crippen molar-refractivity contribution in [1.82, 2.24) is 0 Å². The standard InChI is InChI=1S/C28H22BrCl2NO2/c1-34-22-9-5-7-19(15-22)28(33)17-27(18-6-4-8-20(29)14-18)32(26-11-3-2-10-23(26)28)21-12-13-24(30)25(31)16-21/h2-16,27,33H,17H2,1H3/t27-,28-/m1/s1. The van der Waals surface area contributed by atoms with Crippen LogP contribution in [0.15, 0.2) is 95.5 Å². The van der Waals surface area contributed by atoms with E-state index in [1.807, 2.05) is 78.9 Å². The quantitative estimate of drug-likeness (QED) is 0.275. The third-order valence-corrected chi connectivity index (χ3v) is 7.60. The van der Waals surface area contributed by atoms with E-state index in [1.54, 1.807) is 7.11 Å². The zero-order chi connectivity index (χ0) is 23.9. The summed E-state index contributed by atoms with van der Waals surface area (Å²) in [6, 6.07) is 29.3. The number of rotatable bonds is 4. The molecule has 0 radical (unpaired) electrons. The minimum atomic E-state index is -1.23. The lowest BCUT2D eigenvalue weighted by Crippen LogP contribution is -2.41. The summed E-state index contributed by atoms with van der Waals surface area (Å²) in [6.07, 6.45) is 0.424. The first-order valence-corrected chi connectivity index (χ1v) is 12.4. The van der Waals surface area contributed by atoms with Crippen LogP contribution >= 0.6 is 39.1 Å². The Hall–Kier alpha value is -2.50. The summed E-state index contributed by atoms with van der Waals surface area (Å²) >= 11 is 16.3. The maximum Gasteiger partial charge on any atom is 0.119 e. The van der Waals surface area contributed by atoms with Crippen LogP contribution < -0.4 is 9.64 Å². The normalized spacial score (nSPS) is 19.6. The molecule has 0 aromatic heterocycles. The first kappa shape index (κ1) is 23.3. The number of benzene rings is 4. The van der Waals surface area contributed by atoms with Crippen molar-refractivity contribution in [2.24, 2.45) is 0 Å². The lowest BCUT2D eigenvalue weighted by molar-refractivity contribution is 0.0576. The summed E-state index contributed by atoms with van der Waals surface area (Å²) in [5.41, 5.74) is 3.25. The predicted molar refractivity (Wildman–Crippen MR) is 143 cm³/mol. The van der Waals surface area contributed by atoms with E-state index in [1.165, 1.54) is 0 Å². The molecule has 1 aliphatic heterocycles. The molecule has 0 spiro atoms. The van der Waals surface area contributed by atoms with Gasteiger partial charge in [0.2, 0.25) is 0 Å². The molecule has 4 aromatic carbocycles. The molecule has 0 fully saturated rings. The summed E-state index contributed by atoms with van der Waals surface area (Å²) in [5.74, 6) is 0.703. The minimum absolute atomic E-state index is 0.180. The number of anilines is 2. The van der Waals surface area contributed by atoms with Crippen molar-refractivity contribution in [2.45, 2.75) is 18.1 Å². The molecular weight excluding hydrogens is 533 g/mol. The van der Waals surface area contributed by atoms with Gasteiger partial charge >= 0.3 is 0 Å². The number of ether oxygens (including phenoxy) is 1. The van der Waals surface area contributed by atoms with Crippen LogP contribution in [-0.2, 0) is 5.60 Å². The number of methoxy groups -OCH3 is 1. The van der Waals surface area contributed by atoms with Gasteiger partial charge in [0.1, 0.15) is 11.4 Å². The van der Waals surface area contributed by atoms with Crippen molar-refractivity contribution < 1.29 is 9.84 Å². The average Bonchev–Trinajstić information content (AvgIpc) is 2.86. The van der Waals surface area contributed by atoms with Crippen LogP contribution in [0.3, 0.4) is 0 Å². The zero-order valence-electron chi connectivity index (χ0n) is 18.4. The fourth-order valence-electron chi connectivity index (χ4n) is 4.77. The van der Waals surface area contributed by atoms with Crippen molar-refractivity contribution in [3.05, 3.63) is 122 Å². The van der Waals surface area contributed by atoms with E-state index in [0.717, 1.165) is 32.5 Å². The summed E-state index contributed by atoms with van der Waals surface area (Å²) in [7, 11) is 1.63. The van der Waals surface area contributed by atoms with E-state index in [4.69, 9.17) is 27.9 Å². The van der Waals surface area contributed by atoms with E-state index >= 15 is 0 Å². The zero-order valence-corrected chi connectivity index (χ0v) is 21.5. The van der Waals surface area contributed by atoms with Crippen molar-refractivity contribution >= 4 is 50.5 Å². The Kier molecular flexibility index (Phi) is 6.34. The third-order valence-electron chi connectivity index (χ3n) is 6.37. The fraction of sp³-hybridized carbons (Fsp3) is 0.143. The largest absolute Gasteiger partial charge is 0.497 e. The highest BCUT2D eigenvalue weighted by molar-refractivity contribution is 9.10. The topological polar surface area (TPSA) is 32.7 Å². The molecule has 0 unspecified atom stereocenters. The first-order chi connectivity index (χ1) is 16.4. The van der Waals surface area contributed by atoms with Crippen molar-refractivity contribution in [1.29, 1.82) is 0 Å². The van der Waals surface area contributed by atoms with E-state index in [0.29, 0.717) is 22.2 Å². The molecule has 1 N–H and O–H groups in total. The van der Waals surface area contributed by atoms with Gasteiger partial charge in [-0.2, -0.15) is 0 Å². The molecule has 6 heteroatoms. The van der Waals surface area contributed by atoms with E-state index < -0.39 is 5.60 Å². The second kappa shape index (κ2) is 9.27. The monoisotopic (exact) mass is 553 g/mol. The second-order valence-electron chi connectivity index (χ2n) is 8.35. The Labute approximate surface area is 217 Å². The first-order valence-electron chi connectivity index (χ1n) is 10.9. The number of fused-ring (bicyclic) bond motifs is 1. The number of nitrogens with zero attached hydrogens (tertiary/aromatic N) is 1. The predicted octanol–water partition coefficient (Wildman–Crippen LogP) is 8.28. The summed E-state index contributed by atoms with van der Waals surface area (Å²) in [5, 5.41) is 13.3. The van der Waals surface area contributed by atoms with Crippen molar-refractivity contribution in [3.63, 3.8) is 0 Å². The van der Waals surface area contributed by atoms with Crippen molar-refractivity contribution in [2.75, 3.05) is 12.0 Å². The maximum absolute atomic E-state index is 12.3. The average molecular weight is 555 g/mol. The molecule has 5 rings (SSSR count). The van der Waals surface area contributed by atoms with Crippen LogP contribution in [0.2, 0.25) is 10.0 Å². The molecular formula is C28H22BrCl2NO2. The molecule has 172 valence electrons. The highest BCUT2D eigenvalue weighted by atomic mass is 79.9. The Morgan fingerprint density at radius 1 is 0.912 bits per heavy atom. The van der Waals surface area contributed by atoms with Gasteiger partial charge in [-0.1, -0.05) is 81.6 Å². The van der Waals surface area contributed by atoms with Gasteiger partial charge in [0.15, 0.2) is 0 Å². The number of hydrogen-bond acceptors (Lipinski definition) is 3. The van der Waals surface area contributed by atoms with E-state index in [9.17, 15) is 5.11 Å². The SMILES string of the molecule is COc1cccc([C@]2(O)C[C@H](c3cccc(Br)c3)N(c3ccc(Cl)c(Cl)c3)c3ccccc32)c1. The van der Waals surface area contributed by atoms with Crippen molar-refractivity contribution in [3.8, 4) is 5.75 Å². The van der Waals surface area contributed by atoms with Crippen LogP contribution in [0.5, 0.6) is 5.75 Å². The molecule has 0 aliphatic carbocycles. The number of para-hydroxylation sites is 1. The molecule has 0 bridgehead atoms. The summed E-state index contributed by atoms with van der Waals surface area (Å²) < 4.78 is 6.44. The Morgan fingerprint density at radius 3 is 2.47 bits per heavy atom. The van der Waals surface area contributed by atoms with Gasteiger partial charge in [-0.05, 0) is 59.7 Å². The maximum atomic E-state index is 12.3. The Bertz CT molecular complexity index is 1360. The Morgan fingerprint density at radius 2 is 1.71 bits per heavy atom. The molecule has 3 nitrogen and oxygen atoms in total. The van der Waals surface area contributed by atoms with Crippen LogP contribution in [0.4, 0.5) is 11.4 Å². The van der Waals surface area contributed by atoms with Gasteiger partial charge in [0.25, 0.3) is 0 Å². The molecule has 1 aliphatic rings. The lowest BCUT2D eigenvalue weighted by atomic mass is 9.75. The smallest absolute Gasteiger partial charge is 0.119 e. The van der Waals surface area contributed by atoms with Gasteiger partial charge in [-0.15, -0.1) is 0 Å². The number of hydrogen-bond donors (Lipinski definition) is 1. The highest BCUT2D eigenvalue weighted by Crippen LogP contribution is 2.53. The van der Waals surface area contributed by atoms with Crippen LogP contribution in [0, 0.1) is 0 Å². The molecule has 1 heterocycles. The van der Waals surface area contributed by atoms with Crippen LogP contribution in [-0.4, -0.2) is 12.2 Å². The van der Waals surface area contributed by atoms with E-state index in [-0.39, 0.29) is 6.04 Å². The molecule has 0 saturated carbocycles. The molecule has 0 amide bonds. The van der Waals surface area contributed by atoms with Gasteiger partial charge < -0.3 is 14.7 Å². The third kappa shape index (κ3) is 4.09. The minimum Gasteiger partial charge on any atom is -0.497 e. The fourth-order valence-corrected chi connectivity index (χ4v) is 5.48. The van der Waals surface area contributed by atoms with Gasteiger partial charge in [0, 0.05) is 27.8 Å². The molecule has 34 heavy (non-hydrogen) atoms. The summed E-state index contributed by atoms with van der Waals surface area (Å²) in [6.45, 7) is 0. The van der Waals surface area contributed by atoms with Crippen LogP contribution in [0.25, 0.3) is 0 Å². The molecule has 2 atom stereocenters. The van der Waals surface area contributed by atoms with Gasteiger partial charge in [-0.25, -0.2) is 0 Å². The highest BCUT2D eigenvalue weighted by Gasteiger charge is 2.44. The number of halogens is 3. The van der Waals surface area contributed by atoms with E-state index in [2.05, 4.69) is 33.0 Å². The molecule has 4 aromatic rings. The second-order valence-corrected chi connectivity index (χ2v) is 10.1. The summed E-state index contributed by atoms with van der Waals surface area (Å²) in [4.78, 5) is 2.23.